The van der Waals surface area contributed by atoms with Gasteiger partial charge in [0.1, 0.15) is 0 Å². The van der Waals surface area contributed by atoms with Crippen LogP contribution in [0.4, 0.5) is 0 Å². The molecule has 1 atom stereocenters. The van der Waals surface area contributed by atoms with Crippen molar-refractivity contribution in [2.45, 2.75) is 26.2 Å². The van der Waals surface area contributed by atoms with Gasteiger partial charge in [0.15, 0.2) is 5.78 Å². The van der Waals surface area contributed by atoms with Crippen molar-refractivity contribution in [2.75, 3.05) is 0 Å². The summed E-state index contributed by atoms with van der Waals surface area (Å²) >= 11 is 0. The Kier molecular flexibility index (Phi) is 2.64. The van der Waals surface area contributed by atoms with Crippen LogP contribution in [0, 0.1) is 5.92 Å². The molecule has 0 saturated heterocycles. The van der Waals surface area contributed by atoms with Crippen LogP contribution in [0.5, 0.6) is 0 Å². The number of ketones is 1. The molecule has 0 aromatic heterocycles. The highest BCUT2D eigenvalue weighted by atomic mass is 16.1. The summed E-state index contributed by atoms with van der Waals surface area (Å²) in [5.74, 6) is 0.548. The smallest absolute Gasteiger partial charge is 0.181 e. The first-order valence-corrected chi connectivity index (χ1v) is 4.12. The van der Waals surface area contributed by atoms with E-state index in [1.54, 1.807) is 0 Å². The van der Waals surface area contributed by atoms with Crippen LogP contribution in [0.2, 0.25) is 0 Å². The van der Waals surface area contributed by atoms with Gasteiger partial charge >= 0.3 is 0 Å². The summed E-state index contributed by atoms with van der Waals surface area (Å²) in [5.41, 5.74) is 0.964. The van der Waals surface area contributed by atoms with Gasteiger partial charge in [-0.1, -0.05) is 19.6 Å². The number of allylic oxidation sites excluding steroid dienone is 3. The first kappa shape index (κ1) is 8.25. The topological polar surface area (TPSA) is 17.1 Å². The van der Waals surface area contributed by atoms with Crippen LogP contribution in [0.1, 0.15) is 26.2 Å². The molecule has 1 aliphatic carbocycles. The van der Waals surface area contributed by atoms with E-state index in [0.717, 1.165) is 18.4 Å². The molecule has 0 aliphatic heterocycles. The van der Waals surface area contributed by atoms with Crippen molar-refractivity contribution in [3.63, 3.8) is 0 Å². The zero-order valence-electron chi connectivity index (χ0n) is 6.97. The molecule has 0 amide bonds. The normalized spacial score (nSPS) is 24.1. The van der Waals surface area contributed by atoms with E-state index in [2.05, 4.69) is 19.6 Å². The van der Waals surface area contributed by atoms with E-state index in [1.807, 2.05) is 0 Å². The minimum Gasteiger partial charge on any atom is -0.290 e. The number of rotatable bonds is 2. The lowest BCUT2D eigenvalue weighted by Gasteiger charge is -2.17. The average molecular weight is 150 g/mol. The fourth-order valence-corrected chi connectivity index (χ4v) is 1.50. The molecule has 1 nitrogen and oxygen atoms in total. The second-order valence-electron chi connectivity index (χ2n) is 3.06. The van der Waals surface area contributed by atoms with Gasteiger partial charge in [0.25, 0.3) is 0 Å². The molecule has 0 saturated carbocycles. The predicted molar refractivity (Wildman–Crippen MR) is 46.3 cm³/mol. The highest BCUT2D eigenvalue weighted by Gasteiger charge is 2.16. The Morgan fingerprint density at radius 1 is 1.82 bits per heavy atom. The fourth-order valence-electron chi connectivity index (χ4n) is 1.50. The van der Waals surface area contributed by atoms with Crippen LogP contribution in [-0.4, -0.2) is 5.78 Å². The molecular formula is C10H14O. The molecule has 0 heterocycles. The molecule has 0 N–H and O–H groups in total. The number of carbonyl (C=O) groups excluding carboxylic acids is 1. The van der Waals surface area contributed by atoms with Crippen molar-refractivity contribution < 1.29 is 4.79 Å². The molecule has 11 heavy (non-hydrogen) atoms. The molecule has 1 heteroatoms. The van der Waals surface area contributed by atoms with Crippen LogP contribution in [0.15, 0.2) is 24.3 Å². The standard InChI is InChI=1S/C10H14O/c1-3-10(11)9-7-5-4-6-8(9)2/h3,7-8H,1,4-6H2,2H3. The van der Waals surface area contributed by atoms with E-state index in [4.69, 9.17) is 0 Å². The minimum absolute atomic E-state index is 0.109. The van der Waals surface area contributed by atoms with E-state index in [9.17, 15) is 4.79 Å². The molecule has 0 aromatic carbocycles. The SMILES string of the molecule is C=CC(=O)C1=CCCCC1C. The molecule has 0 spiro atoms. The van der Waals surface area contributed by atoms with Gasteiger partial charge in [0, 0.05) is 0 Å². The first-order chi connectivity index (χ1) is 5.25. The van der Waals surface area contributed by atoms with Crippen molar-refractivity contribution in [1.82, 2.24) is 0 Å². The highest BCUT2D eigenvalue weighted by Crippen LogP contribution is 2.24. The van der Waals surface area contributed by atoms with Crippen LogP contribution < -0.4 is 0 Å². The first-order valence-electron chi connectivity index (χ1n) is 4.12. The molecule has 0 aromatic rings. The van der Waals surface area contributed by atoms with Gasteiger partial charge in [-0.2, -0.15) is 0 Å². The van der Waals surface area contributed by atoms with E-state index < -0.39 is 0 Å². The third-order valence-corrected chi connectivity index (χ3v) is 2.21. The third-order valence-electron chi connectivity index (χ3n) is 2.21. The Morgan fingerprint density at radius 2 is 2.55 bits per heavy atom. The Morgan fingerprint density at radius 3 is 3.09 bits per heavy atom. The number of hydrogen-bond donors (Lipinski definition) is 0. The quantitative estimate of drug-likeness (QED) is 0.553. The van der Waals surface area contributed by atoms with E-state index in [1.165, 1.54) is 12.5 Å². The van der Waals surface area contributed by atoms with Crippen molar-refractivity contribution in [2.24, 2.45) is 5.92 Å². The summed E-state index contributed by atoms with van der Waals surface area (Å²) in [6, 6.07) is 0. The predicted octanol–water partition coefficient (Wildman–Crippen LogP) is 2.49. The average Bonchev–Trinajstić information content (AvgIpc) is 2.04. The van der Waals surface area contributed by atoms with Crippen LogP contribution in [0.25, 0.3) is 0 Å². The monoisotopic (exact) mass is 150 g/mol. The second-order valence-corrected chi connectivity index (χ2v) is 3.06. The lowest BCUT2D eigenvalue weighted by molar-refractivity contribution is -0.111. The van der Waals surface area contributed by atoms with Gasteiger partial charge in [0.05, 0.1) is 0 Å². The lowest BCUT2D eigenvalue weighted by Crippen LogP contribution is -2.11. The summed E-state index contributed by atoms with van der Waals surface area (Å²) in [7, 11) is 0. The molecule has 1 aliphatic rings. The molecule has 0 bridgehead atoms. The zero-order valence-corrected chi connectivity index (χ0v) is 6.97. The lowest BCUT2D eigenvalue weighted by atomic mass is 9.87. The van der Waals surface area contributed by atoms with Crippen molar-refractivity contribution in [3.05, 3.63) is 24.3 Å². The van der Waals surface area contributed by atoms with E-state index in [0.29, 0.717) is 5.92 Å². The summed E-state index contributed by atoms with van der Waals surface area (Å²) in [5, 5.41) is 0. The second kappa shape index (κ2) is 3.51. The summed E-state index contributed by atoms with van der Waals surface area (Å²) in [6.07, 6.45) is 6.88. The van der Waals surface area contributed by atoms with Crippen LogP contribution >= 0.6 is 0 Å². The molecule has 0 fully saturated rings. The summed E-state index contributed by atoms with van der Waals surface area (Å²) in [6.45, 7) is 5.58. The molecule has 0 radical (unpaired) electrons. The Bertz CT molecular complexity index is 201. The largest absolute Gasteiger partial charge is 0.290 e. The number of carbonyl (C=O) groups is 1. The third kappa shape index (κ3) is 1.79. The summed E-state index contributed by atoms with van der Waals surface area (Å²) in [4.78, 5) is 11.2. The molecule has 1 rings (SSSR count). The Balaban J connectivity index is 2.75. The maximum Gasteiger partial charge on any atom is 0.181 e. The van der Waals surface area contributed by atoms with Crippen LogP contribution in [-0.2, 0) is 4.79 Å². The van der Waals surface area contributed by atoms with Crippen molar-refractivity contribution in [3.8, 4) is 0 Å². The van der Waals surface area contributed by atoms with Gasteiger partial charge in [-0.15, -0.1) is 0 Å². The maximum absolute atomic E-state index is 11.2. The molecular weight excluding hydrogens is 136 g/mol. The minimum atomic E-state index is 0.109. The molecule has 1 unspecified atom stereocenters. The van der Waals surface area contributed by atoms with Crippen molar-refractivity contribution >= 4 is 5.78 Å². The Labute approximate surface area is 67.8 Å². The van der Waals surface area contributed by atoms with Gasteiger partial charge in [0.2, 0.25) is 0 Å². The van der Waals surface area contributed by atoms with Gasteiger partial charge < -0.3 is 0 Å². The Hall–Kier alpha value is -0.850. The highest BCUT2D eigenvalue weighted by molar-refractivity contribution is 6.03. The summed E-state index contributed by atoms with van der Waals surface area (Å²) < 4.78 is 0. The molecule has 60 valence electrons. The van der Waals surface area contributed by atoms with E-state index in [-0.39, 0.29) is 5.78 Å². The zero-order chi connectivity index (χ0) is 8.27. The fraction of sp³-hybridized carbons (Fsp3) is 0.500. The van der Waals surface area contributed by atoms with Gasteiger partial charge in [-0.3, -0.25) is 4.79 Å². The number of hydrogen-bond acceptors (Lipinski definition) is 1. The van der Waals surface area contributed by atoms with Gasteiger partial charge in [-0.05, 0) is 36.8 Å². The van der Waals surface area contributed by atoms with Crippen molar-refractivity contribution in [1.29, 1.82) is 0 Å². The maximum atomic E-state index is 11.2. The van der Waals surface area contributed by atoms with Crippen LogP contribution in [0.3, 0.4) is 0 Å². The van der Waals surface area contributed by atoms with Gasteiger partial charge in [-0.25, -0.2) is 0 Å². The van der Waals surface area contributed by atoms with E-state index >= 15 is 0 Å².